The van der Waals surface area contributed by atoms with Gasteiger partial charge in [-0.1, -0.05) is 36.4 Å². The van der Waals surface area contributed by atoms with Gasteiger partial charge in [-0.2, -0.15) is 0 Å². The molecule has 0 saturated carbocycles. The number of ether oxygens (including phenoxy) is 1. The van der Waals surface area contributed by atoms with Crippen molar-refractivity contribution in [3.63, 3.8) is 0 Å². The highest BCUT2D eigenvalue weighted by atomic mass is 35.5. The molecule has 5 heteroatoms. The van der Waals surface area contributed by atoms with Crippen LogP contribution in [0.4, 0.5) is 0 Å². The molecule has 0 saturated heterocycles. The first-order chi connectivity index (χ1) is 11.7. The second-order valence-corrected chi connectivity index (χ2v) is 5.28. The highest BCUT2D eigenvalue weighted by Gasteiger charge is 2.04. The van der Waals surface area contributed by atoms with Crippen molar-refractivity contribution < 1.29 is 14.6 Å². The van der Waals surface area contributed by atoms with Crippen LogP contribution in [-0.4, -0.2) is 22.7 Å². The molecular weight excluding hydrogens is 338 g/mol. The van der Waals surface area contributed by atoms with Crippen LogP contribution in [0.5, 0.6) is 5.88 Å². The lowest BCUT2D eigenvalue weighted by Crippen LogP contribution is -1.95. The van der Waals surface area contributed by atoms with Crippen molar-refractivity contribution >= 4 is 18.4 Å². The number of halogens is 1. The average molecular weight is 356 g/mol. The molecule has 3 aromatic rings. The quantitative estimate of drug-likeness (QED) is 0.704. The number of hydrogen-bond acceptors (Lipinski definition) is 3. The summed E-state index contributed by atoms with van der Waals surface area (Å²) in [5, 5.41) is 8.95. The van der Waals surface area contributed by atoms with E-state index in [-0.39, 0.29) is 18.0 Å². The predicted octanol–water partition coefficient (Wildman–Crippen LogP) is 4.93. The Balaban J connectivity index is 0.00000225. The van der Waals surface area contributed by atoms with E-state index < -0.39 is 5.97 Å². The molecule has 25 heavy (non-hydrogen) atoms. The molecule has 0 aliphatic rings. The zero-order valence-electron chi connectivity index (χ0n) is 13.7. The van der Waals surface area contributed by atoms with E-state index >= 15 is 0 Å². The molecule has 0 aliphatic heterocycles. The third kappa shape index (κ3) is 4.37. The Kier molecular flexibility index (Phi) is 6.14. The van der Waals surface area contributed by atoms with E-state index in [9.17, 15) is 4.79 Å². The second-order valence-electron chi connectivity index (χ2n) is 5.28. The van der Waals surface area contributed by atoms with E-state index in [4.69, 9.17) is 9.84 Å². The van der Waals surface area contributed by atoms with Crippen LogP contribution < -0.4 is 4.74 Å². The number of aromatic carboxylic acids is 1. The summed E-state index contributed by atoms with van der Waals surface area (Å²) in [7, 11) is 0. The van der Waals surface area contributed by atoms with E-state index in [0.717, 1.165) is 22.3 Å². The first kappa shape index (κ1) is 18.5. The third-order valence-corrected chi connectivity index (χ3v) is 3.71. The summed E-state index contributed by atoms with van der Waals surface area (Å²) in [4.78, 5) is 15.2. The van der Waals surface area contributed by atoms with Gasteiger partial charge in [-0.3, -0.25) is 0 Å². The van der Waals surface area contributed by atoms with Gasteiger partial charge in [-0.25, -0.2) is 9.78 Å². The van der Waals surface area contributed by atoms with Gasteiger partial charge < -0.3 is 9.84 Å². The zero-order chi connectivity index (χ0) is 16.9. The second kappa shape index (κ2) is 8.31. The Bertz CT molecular complexity index is 828. The van der Waals surface area contributed by atoms with Crippen LogP contribution in [0.1, 0.15) is 17.3 Å². The molecule has 0 atom stereocenters. The molecule has 2 aromatic carbocycles. The number of aromatic nitrogens is 1. The summed E-state index contributed by atoms with van der Waals surface area (Å²) in [5.74, 6) is -0.295. The van der Waals surface area contributed by atoms with Crippen molar-refractivity contribution in [2.75, 3.05) is 6.61 Å². The van der Waals surface area contributed by atoms with E-state index in [2.05, 4.69) is 4.98 Å². The van der Waals surface area contributed by atoms with E-state index in [1.165, 1.54) is 0 Å². The molecule has 128 valence electrons. The van der Waals surface area contributed by atoms with Crippen LogP contribution >= 0.6 is 12.4 Å². The maximum Gasteiger partial charge on any atom is 0.335 e. The molecule has 0 unspecified atom stereocenters. The molecule has 0 amide bonds. The van der Waals surface area contributed by atoms with Crippen molar-refractivity contribution in [2.24, 2.45) is 0 Å². The van der Waals surface area contributed by atoms with Gasteiger partial charge in [-0.05, 0) is 41.8 Å². The Morgan fingerprint density at radius 1 is 0.880 bits per heavy atom. The van der Waals surface area contributed by atoms with Crippen LogP contribution in [-0.2, 0) is 0 Å². The monoisotopic (exact) mass is 355 g/mol. The van der Waals surface area contributed by atoms with Gasteiger partial charge in [0.1, 0.15) is 0 Å². The summed E-state index contributed by atoms with van der Waals surface area (Å²) >= 11 is 0. The smallest absolute Gasteiger partial charge is 0.335 e. The van der Waals surface area contributed by atoms with Crippen molar-refractivity contribution in [3.8, 4) is 28.1 Å². The molecule has 3 rings (SSSR count). The summed E-state index contributed by atoms with van der Waals surface area (Å²) in [6.07, 6.45) is 1.79. The van der Waals surface area contributed by atoms with E-state index in [1.54, 1.807) is 18.3 Å². The van der Waals surface area contributed by atoms with Crippen LogP contribution in [0.3, 0.4) is 0 Å². The number of nitrogens with zero attached hydrogens (tertiary/aromatic N) is 1. The molecule has 0 spiro atoms. The fourth-order valence-corrected chi connectivity index (χ4v) is 2.44. The molecule has 1 N–H and O–H groups in total. The number of pyridine rings is 1. The highest BCUT2D eigenvalue weighted by Crippen LogP contribution is 2.25. The maximum absolute atomic E-state index is 10.9. The standard InChI is InChI=1S/C20H17NO3.ClH/c1-2-24-19-12-11-18(13-21-19)16-5-3-14(4-6-16)15-7-9-17(10-8-15)20(22)23;/h3-13H,2H2,1H3,(H,22,23);1H. The largest absolute Gasteiger partial charge is 0.478 e. The average Bonchev–Trinajstić information content (AvgIpc) is 2.63. The number of carboxylic acid groups (broad SMARTS) is 1. The van der Waals surface area contributed by atoms with Crippen molar-refractivity contribution in [1.29, 1.82) is 0 Å². The molecular formula is C20H18ClNO3. The lowest BCUT2D eigenvalue weighted by atomic mass is 10.0. The van der Waals surface area contributed by atoms with Crippen LogP contribution in [0, 0.1) is 0 Å². The number of rotatable bonds is 5. The van der Waals surface area contributed by atoms with Crippen LogP contribution in [0.25, 0.3) is 22.3 Å². The number of carbonyl (C=O) groups is 1. The Labute approximate surface area is 152 Å². The summed E-state index contributed by atoms with van der Waals surface area (Å²) in [5.41, 5.74) is 4.39. The Morgan fingerprint density at radius 2 is 1.36 bits per heavy atom. The molecule has 0 fully saturated rings. The fourth-order valence-electron chi connectivity index (χ4n) is 2.44. The van der Waals surface area contributed by atoms with Crippen LogP contribution in [0.15, 0.2) is 66.9 Å². The fraction of sp³-hybridized carbons (Fsp3) is 0.100. The summed E-state index contributed by atoms with van der Waals surface area (Å²) < 4.78 is 5.35. The van der Waals surface area contributed by atoms with Gasteiger partial charge >= 0.3 is 5.97 Å². The minimum Gasteiger partial charge on any atom is -0.478 e. The molecule has 1 aromatic heterocycles. The Morgan fingerprint density at radius 3 is 1.80 bits per heavy atom. The van der Waals surface area contributed by atoms with Gasteiger partial charge in [0.15, 0.2) is 0 Å². The van der Waals surface area contributed by atoms with Crippen molar-refractivity contribution in [1.82, 2.24) is 4.98 Å². The van der Waals surface area contributed by atoms with Gasteiger partial charge in [0.2, 0.25) is 5.88 Å². The van der Waals surface area contributed by atoms with E-state index in [0.29, 0.717) is 12.5 Å². The normalized spacial score (nSPS) is 9.96. The van der Waals surface area contributed by atoms with Crippen molar-refractivity contribution in [3.05, 3.63) is 72.4 Å². The van der Waals surface area contributed by atoms with Gasteiger partial charge in [0.05, 0.1) is 12.2 Å². The number of hydrogen-bond donors (Lipinski definition) is 1. The van der Waals surface area contributed by atoms with E-state index in [1.807, 2.05) is 55.5 Å². The molecule has 0 radical (unpaired) electrons. The zero-order valence-corrected chi connectivity index (χ0v) is 14.5. The summed E-state index contributed by atoms with van der Waals surface area (Å²) in [6.45, 7) is 2.53. The molecule has 0 aliphatic carbocycles. The minimum absolute atomic E-state index is 0. The van der Waals surface area contributed by atoms with Gasteiger partial charge in [0, 0.05) is 17.8 Å². The number of carboxylic acids is 1. The topological polar surface area (TPSA) is 59.4 Å². The molecule has 4 nitrogen and oxygen atoms in total. The molecule has 0 bridgehead atoms. The van der Waals surface area contributed by atoms with Gasteiger partial charge in [0.25, 0.3) is 0 Å². The summed E-state index contributed by atoms with van der Waals surface area (Å²) in [6, 6.07) is 18.8. The van der Waals surface area contributed by atoms with Crippen LogP contribution in [0.2, 0.25) is 0 Å². The first-order valence-corrected chi connectivity index (χ1v) is 7.70. The first-order valence-electron chi connectivity index (χ1n) is 7.70. The minimum atomic E-state index is -0.917. The SMILES string of the molecule is CCOc1ccc(-c2ccc(-c3ccc(C(=O)O)cc3)cc2)cn1.Cl. The Hall–Kier alpha value is -2.85. The van der Waals surface area contributed by atoms with Crippen molar-refractivity contribution in [2.45, 2.75) is 6.92 Å². The predicted molar refractivity (Wildman–Crippen MR) is 100 cm³/mol. The molecule has 1 heterocycles. The van der Waals surface area contributed by atoms with Gasteiger partial charge in [-0.15, -0.1) is 12.4 Å². The maximum atomic E-state index is 10.9. The third-order valence-electron chi connectivity index (χ3n) is 3.71. The lowest BCUT2D eigenvalue weighted by molar-refractivity contribution is 0.0697. The highest BCUT2D eigenvalue weighted by molar-refractivity contribution is 5.88. The lowest BCUT2D eigenvalue weighted by Gasteiger charge is -2.06. The number of benzene rings is 2.